The maximum atomic E-state index is 12.4. The Hall–Kier alpha value is -1.35. The predicted molar refractivity (Wildman–Crippen MR) is 71.8 cm³/mol. The molecule has 1 amide bonds. The van der Waals surface area contributed by atoms with Crippen LogP contribution in [0, 0.1) is 20.8 Å². The molecular formula is C15H21NO2. The van der Waals surface area contributed by atoms with Gasteiger partial charge in [0, 0.05) is 18.7 Å². The van der Waals surface area contributed by atoms with Crippen molar-refractivity contribution in [2.45, 2.75) is 39.7 Å². The van der Waals surface area contributed by atoms with Gasteiger partial charge >= 0.3 is 0 Å². The summed E-state index contributed by atoms with van der Waals surface area (Å²) in [5.41, 5.74) is 4.14. The second kappa shape index (κ2) is 5.11. The summed E-state index contributed by atoms with van der Waals surface area (Å²) in [6.07, 6.45) is 1.32. The molecule has 3 nitrogen and oxygen atoms in total. The summed E-state index contributed by atoms with van der Waals surface area (Å²) in [5, 5.41) is 9.65. The highest BCUT2D eigenvalue weighted by molar-refractivity contribution is 5.96. The molecule has 1 aliphatic rings. The molecule has 18 heavy (non-hydrogen) atoms. The van der Waals surface area contributed by atoms with Crippen molar-refractivity contribution in [3.63, 3.8) is 0 Å². The van der Waals surface area contributed by atoms with Crippen molar-refractivity contribution in [2.24, 2.45) is 0 Å². The third-order valence-electron chi connectivity index (χ3n) is 3.75. The quantitative estimate of drug-likeness (QED) is 0.826. The van der Waals surface area contributed by atoms with Gasteiger partial charge < -0.3 is 10.0 Å². The minimum atomic E-state index is -0.366. The number of aliphatic hydroxyl groups excluding tert-OH is 1. The van der Waals surface area contributed by atoms with Gasteiger partial charge in [-0.05, 0) is 56.4 Å². The summed E-state index contributed by atoms with van der Waals surface area (Å²) in [7, 11) is 0. The van der Waals surface area contributed by atoms with Gasteiger partial charge in [-0.3, -0.25) is 4.79 Å². The number of carbonyl (C=O) groups excluding carboxylic acids is 1. The fourth-order valence-corrected chi connectivity index (χ4v) is 2.50. The fourth-order valence-electron chi connectivity index (χ4n) is 2.50. The van der Waals surface area contributed by atoms with Crippen LogP contribution in [0.1, 0.15) is 39.9 Å². The Labute approximate surface area is 108 Å². The maximum Gasteiger partial charge on any atom is 0.254 e. The number of piperidine rings is 1. The molecule has 1 fully saturated rings. The van der Waals surface area contributed by atoms with Crippen molar-refractivity contribution in [3.8, 4) is 0 Å². The van der Waals surface area contributed by atoms with Crippen molar-refractivity contribution in [1.82, 2.24) is 4.90 Å². The van der Waals surface area contributed by atoms with Crippen LogP contribution in [0.3, 0.4) is 0 Å². The summed E-state index contributed by atoms with van der Waals surface area (Å²) >= 11 is 0. The lowest BCUT2D eigenvalue weighted by Gasteiger charge is -2.30. The Morgan fingerprint density at radius 1 is 1.22 bits per heavy atom. The number of carbonyl (C=O) groups is 1. The van der Waals surface area contributed by atoms with Crippen LogP contribution in [0.4, 0.5) is 0 Å². The highest BCUT2D eigenvalue weighted by Gasteiger charge is 2.24. The molecule has 0 bridgehead atoms. The van der Waals surface area contributed by atoms with Crippen molar-refractivity contribution < 1.29 is 9.90 Å². The molecule has 1 aromatic rings. The zero-order valence-corrected chi connectivity index (χ0v) is 11.4. The zero-order chi connectivity index (χ0) is 13.3. The van der Waals surface area contributed by atoms with E-state index in [2.05, 4.69) is 13.0 Å². The minimum absolute atomic E-state index is 0.0503. The second-order valence-corrected chi connectivity index (χ2v) is 5.30. The molecule has 0 aromatic heterocycles. The van der Waals surface area contributed by atoms with Crippen LogP contribution in [0.15, 0.2) is 12.1 Å². The zero-order valence-electron chi connectivity index (χ0n) is 11.4. The predicted octanol–water partition coefficient (Wildman–Crippen LogP) is 2.21. The van der Waals surface area contributed by atoms with Gasteiger partial charge in [0.25, 0.3) is 5.91 Å². The average molecular weight is 247 g/mol. The van der Waals surface area contributed by atoms with Crippen molar-refractivity contribution in [1.29, 1.82) is 0 Å². The number of aliphatic hydroxyl groups is 1. The van der Waals surface area contributed by atoms with Gasteiger partial charge in [0.1, 0.15) is 0 Å². The van der Waals surface area contributed by atoms with Crippen LogP contribution in [-0.2, 0) is 0 Å². The van der Waals surface area contributed by atoms with Gasteiger partial charge in [-0.25, -0.2) is 0 Å². The molecule has 1 atom stereocenters. The van der Waals surface area contributed by atoms with E-state index < -0.39 is 0 Å². The molecule has 0 spiro atoms. The van der Waals surface area contributed by atoms with Gasteiger partial charge in [0.15, 0.2) is 0 Å². The molecule has 2 rings (SSSR count). The molecule has 1 heterocycles. The molecule has 1 unspecified atom stereocenters. The molecule has 1 N–H and O–H groups in total. The monoisotopic (exact) mass is 247 g/mol. The first-order valence-corrected chi connectivity index (χ1v) is 6.54. The van der Waals surface area contributed by atoms with E-state index in [0.29, 0.717) is 6.54 Å². The number of nitrogens with zero attached hydrogens (tertiary/aromatic N) is 1. The number of β-amino-alcohol motifs (C(OH)–C–C–N with tert-alkyl or cyclic N) is 1. The third-order valence-corrected chi connectivity index (χ3v) is 3.75. The van der Waals surface area contributed by atoms with Crippen LogP contribution in [0.5, 0.6) is 0 Å². The molecule has 98 valence electrons. The van der Waals surface area contributed by atoms with Crippen molar-refractivity contribution in [2.75, 3.05) is 13.1 Å². The second-order valence-electron chi connectivity index (χ2n) is 5.30. The first-order chi connectivity index (χ1) is 8.49. The number of hydrogen-bond acceptors (Lipinski definition) is 2. The van der Waals surface area contributed by atoms with E-state index in [1.807, 2.05) is 19.9 Å². The summed E-state index contributed by atoms with van der Waals surface area (Å²) in [6.45, 7) is 7.27. The number of amides is 1. The number of hydrogen-bond donors (Lipinski definition) is 1. The van der Waals surface area contributed by atoms with Gasteiger partial charge in [-0.2, -0.15) is 0 Å². The Bertz CT molecular complexity index is 468. The van der Waals surface area contributed by atoms with Crippen molar-refractivity contribution >= 4 is 5.91 Å². The maximum absolute atomic E-state index is 12.4. The largest absolute Gasteiger partial charge is 0.391 e. The molecule has 0 aliphatic carbocycles. The number of likely N-dealkylation sites (tertiary alicyclic amines) is 1. The van der Waals surface area contributed by atoms with E-state index >= 15 is 0 Å². The lowest BCUT2D eigenvalue weighted by molar-refractivity contribution is 0.0473. The van der Waals surface area contributed by atoms with E-state index in [-0.39, 0.29) is 12.0 Å². The fraction of sp³-hybridized carbons (Fsp3) is 0.533. The highest BCUT2D eigenvalue weighted by atomic mass is 16.3. The molecular weight excluding hydrogens is 226 g/mol. The van der Waals surface area contributed by atoms with E-state index in [1.165, 1.54) is 5.56 Å². The lowest BCUT2D eigenvalue weighted by Crippen LogP contribution is -2.42. The highest BCUT2D eigenvalue weighted by Crippen LogP contribution is 2.19. The smallest absolute Gasteiger partial charge is 0.254 e. The van der Waals surface area contributed by atoms with Crippen LogP contribution in [-0.4, -0.2) is 35.1 Å². The first-order valence-electron chi connectivity index (χ1n) is 6.54. The van der Waals surface area contributed by atoms with Crippen LogP contribution in [0.2, 0.25) is 0 Å². The number of benzene rings is 1. The standard InChI is InChI=1S/C15H21NO2/c1-10-7-12(3)14(8-11(10)2)15(18)16-6-4-5-13(17)9-16/h7-8,13,17H,4-6,9H2,1-3H3. The first kappa shape index (κ1) is 13.1. The summed E-state index contributed by atoms with van der Waals surface area (Å²) in [5.74, 6) is 0.0503. The number of aryl methyl sites for hydroxylation is 3. The van der Waals surface area contributed by atoms with Crippen LogP contribution < -0.4 is 0 Å². The van der Waals surface area contributed by atoms with Crippen LogP contribution >= 0.6 is 0 Å². The van der Waals surface area contributed by atoms with E-state index in [9.17, 15) is 9.90 Å². The Balaban J connectivity index is 2.25. The molecule has 1 aliphatic heterocycles. The van der Waals surface area contributed by atoms with E-state index in [0.717, 1.165) is 36.1 Å². The SMILES string of the molecule is Cc1cc(C)c(C(=O)N2CCCC(O)C2)cc1C. The summed E-state index contributed by atoms with van der Waals surface area (Å²) in [6, 6.07) is 4.02. The minimum Gasteiger partial charge on any atom is -0.391 e. The third kappa shape index (κ3) is 2.56. The van der Waals surface area contributed by atoms with E-state index in [1.54, 1.807) is 4.90 Å². The lowest BCUT2D eigenvalue weighted by atomic mass is 9.99. The van der Waals surface area contributed by atoms with E-state index in [4.69, 9.17) is 0 Å². The van der Waals surface area contributed by atoms with Gasteiger partial charge in [0.2, 0.25) is 0 Å². The topological polar surface area (TPSA) is 40.5 Å². The Kier molecular flexibility index (Phi) is 3.71. The van der Waals surface area contributed by atoms with Gasteiger partial charge in [-0.15, -0.1) is 0 Å². The molecule has 1 aromatic carbocycles. The van der Waals surface area contributed by atoms with Gasteiger partial charge in [-0.1, -0.05) is 6.07 Å². The van der Waals surface area contributed by atoms with Gasteiger partial charge in [0.05, 0.1) is 6.10 Å². The molecule has 3 heteroatoms. The summed E-state index contributed by atoms with van der Waals surface area (Å²) < 4.78 is 0. The summed E-state index contributed by atoms with van der Waals surface area (Å²) in [4.78, 5) is 14.2. The van der Waals surface area contributed by atoms with Crippen molar-refractivity contribution in [3.05, 3.63) is 34.4 Å². The average Bonchev–Trinajstić information content (AvgIpc) is 2.33. The number of rotatable bonds is 1. The molecule has 1 saturated heterocycles. The normalized spacial score (nSPS) is 20.0. The van der Waals surface area contributed by atoms with Crippen LogP contribution in [0.25, 0.3) is 0 Å². The Morgan fingerprint density at radius 2 is 1.89 bits per heavy atom. The molecule has 0 saturated carbocycles. The molecule has 0 radical (unpaired) electrons. The Morgan fingerprint density at radius 3 is 2.56 bits per heavy atom.